The summed E-state index contributed by atoms with van der Waals surface area (Å²) in [6.07, 6.45) is 0. The molecule has 0 aliphatic carbocycles. The van der Waals surface area contributed by atoms with E-state index in [4.69, 9.17) is 4.74 Å². The van der Waals surface area contributed by atoms with Gasteiger partial charge in [-0.25, -0.2) is 4.79 Å². The Morgan fingerprint density at radius 3 is 2.37 bits per heavy atom. The third kappa shape index (κ3) is 2.89. The number of hydrogen-bond donors (Lipinski definition) is 1. The molecule has 2 aromatic carbocycles. The number of aromatic hydroxyl groups is 1. The number of fused-ring (bicyclic) bond motifs is 1. The minimum Gasteiger partial charge on any atom is -0.506 e. The average molecular weight is 323 g/mol. The molecule has 0 bridgehead atoms. The van der Waals surface area contributed by atoms with Crippen molar-refractivity contribution in [3.63, 3.8) is 0 Å². The highest BCUT2D eigenvalue weighted by molar-refractivity contribution is 9.10. The summed E-state index contributed by atoms with van der Waals surface area (Å²) in [7, 11) is 0. The fourth-order valence-corrected chi connectivity index (χ4v) is 2.38. The quantitative estimate of drug-likeness (QED) is 0.798. The van der Waals surface area contributed by atoms with E-state index in [0.717, 1.165) is 9.86 Å². The van der Waals surface area contributed by atoms with Crippen LogP contribution in [-0.4, -0.2) is 16.7 Å². The molecule has 0 atom stereocenters. The highest BCUT2D eigenvalue weighted by Gasteiger charge is 2.22. The molecule has 0 aliphatic heterocycles. The van der Waals surface area contributed by atoms with Crippen molar-refractivity contribution in [3.05, 3.63) is 40.4 Å². The first-order chi connectivity index (χ1) is 8.79. The van der Waals surface area contributed by atoms with Crippen LogP contribution >= 0.6 is 15.9 Å². The van der Waals surface area contributed by atoms with E-state index in [1.165, 1.54) is 0 Å². The van der Waals surface area contributed by atoms with Gasteiger partial charge < -0.3 is 9.84 Å². The van der Waals surface area contributed by atoms with Crippen molar-refractivity contribution >= 4 is 32.7 Å². The molecule has 0 saturated carbocycles. The summed E-state index contributed by atoms with van der Waals surface area (Å²) >= 11 is 3.41. The summed E-state index contributed by atoms with van der Waals surface area (Å²) in [6, 6.07) is 8.92. The van der Waals surface area contributed by atoms with Gasteiger partial charge in [0.25, 0.3) is 0 Å². The van der Waals surface area contributed by atoms with Crippen LogP contribution in [0.2, 0.25) is 0 Å². The summed E-state index contributed by atoms with van der Waals surface area (Å²) in [5.74, 6) is -0.579. The van der Waals surface area contributed by atoms with Gasteiger partial charge in [0.15, 0.2) is 0 Å². The normalized spacial score (nSPS) is 11.6. The van der Waals surface area contributed by atoms with Gasteiger partial charge in [-0.15, -0.1) is 0 Å². The zero-order chi connectivity index (χ0) is 14.2. The average Bonchev–Trinajstić information content (AvgIpc) is 2.31. The van der Waals surface area contributed by atoms with E-state index < -0.39 is 11.6 Å². The van der Waals surface area contributed by atoms with Gasteiger partial charge in [0, 0.05) is 9.86 Å². The Morgan fingerprint density at radius 2 is 1.79 bits per heavy atom. The van der Waals surface area contributed by atoms with Gasteiger partial charge >= 0.3 is 5.97 Å². The lowest BCUT2D eigenvalue weighted by Crippen LogP contribution is -2.24. The fourth-order valence-electron chi connectivity index (χ4n) is 1.80. The predicted molar refractivity (Wildman–Crippen MR) is 78.5 cm³/mol. The van der Waals surface area contributed by atoms with Crippen molar-refractivity contribution in [2.24, 2.45) is 0 Å². The second-order valence-corrected chi connectivity index (χ2v) is 6.16. The molecule has 0 aliphatic rings. The second kappa shape index (κ2) is 4.85. The van der Waals surface area contributed by atoms with Gasteiger partial charge in [0.05, 0.1) is 0 Å². The molecule has 100 valence electrons. The standard InChI is InChI=1S/C15H15BrO3/c1-15(2,3)19-14(18)11-8-12(16)9-6-4-5-7-10(9)13(11)17/h4-8,17H,1-3H3. The van der Waals surface area contributed by atoms with Crippen molar-refractivity contribution in [1.82, 2.24) is 0 Å². The number of phenolic OH excluding ortho intramolecular Hbond substituents is 1. The van der Waals surface area contributed by atoms with Crippen LogP contribution in [0.5, 0.6) is 5.75 Å². The molecule has 19 heavy (non-hydrogen) atoms. The Bertz CT molecular complexity index is 642. The van der Waals surface area contributed by atoms with Gasteiger partial charge in [-0.1, -0.05) is 40.2 Å². The molecule has 0 radical (unpaired) electrons. The Morgan fingerprint density at radius 1 is 1.21 bits per heavy atom. The molecular weight excluding hydrogens is 308 g/mol. The zero-order valence-corrected chi connectivity index (χ0v) is 12.6. The number of rotatable bonds is 1. The minimum atomic E-state index is -0.596. The molecule has 0 spiro atoms. The molecule has 0 fully saturated rings. The van der Waals surface area contributed by atoms with Gasteiger partial charge in [0.1, 0.15) is 16.9 Å². The van der Waals surface area contributed by atoms with E-state index >= 15 is 0 Å². The molecule has 2 aromatic rings. The van der Waals surface area contributed by atoms with Crippen LogP contribution in [0.25, 0.3) is 10.8 Å². The topological polar surface area (TPSA) is 46.5 Å². The van der Waals surface area contributed by atoms with E-state index in [1.54, 1.807) is 32.9 Å². The van der Waals surface area contributed by atoms with Crippen molar-refractivity contribution in [3.8, 4) is 5.75 Å². The lowest BCUT2D eigenvalue weighted by atomic mass is 10.1. The Kier molecular flexibility index (Phi) is 3.54. The number of carbonyl (C=O) groups is 1. The summed E-state index contributed by atoms with van der Waals surface area (Å²) < 4.78 is 6.04. The zero-order valence-electron chi connectivity index (χ0n) is 11.0. The number of hydrogen-bond acceptors (Lipinski definition) is 3. The Labute approximate surface area is 120 Å². The summed E-state index contributed by atoms with van der Waals surface area (Å²) in [4.78, 5) is 12.1. The van der Waals surface area contributed by atoms with Gasteiger partial charge in [0.2, 0.25) is 0 Å². The van der Waals surface area contributed by atoms with Crippen LogP contribution in [0, 0.1) is 0 Å². The molecule has 0 saturated heterocycles. The third-order valence-electron chi connectivity index (χ3n) is 2.58. The SMILES string of the molecule is CC(C)(C)OC(=O)c1cc(Br)c2ccccc2c1O. The van der Waals surface area contributed by atoms with Gasteiger partial charge in [-0.3, -0.25) is 0 Å². The molecule has 1 N–H and O–H groups in total. The molecule has 4 heteroatoms. The van der Waals surface area contributed by atoms with Crippen LogP contribution in [0.15, 0.2) is 34.8 Å². The van der Waals surface area contributed by atoms with Gasteiger partial charge in [-0.2, -0.15) is 0 Å². The number of esters is 1. The highest BCUT2D eigenvalue weighted by Crippen LogP contribution is 2.35. The van der Waals surface area contributed by atoms with E-state index in [2.05, 4.69) is 15.9 Å². The maximum Gasteiger partial charge on any atom is 0.342 e. The minimum absolute atomic E-state index is 0.0481. The molecule has 0 heterocycles. The number of phenols is 1. The van der Waals surface area contributed by atoms with E-state index in [0.29, 0.717) is 5.39 Å². The first-order valence-electron chi connectivity index (χ1n) is 5.93. The van der Waals surface area contributed by atoms with Crippen LogP contribution in [0.3, 0.4) is 0 Å². The Hall–Kier alpha value is -1.55. The van der Waals surface area contributed by atoms with Crippen molar-refractivity contribution in [1.29, 1.82) is 0 Å². The smallest absolute Gasteiger partial charge is 0.342 e. The number of benzene rings is 2. The van der Waals surface area contributed by atoms with E-state index in [9.17, 15) is 9.90 Å². The molecular formula is C15H15BrO3. The summed E-state index contributed by atoms with van der Waals surface area (Å²) in [5, 5.41) is 11.7. The third-order valence-corrected chi connectivity index (χ3v) is 3.24. The van der Waals surface area contributed by atoms with Gasteiger partial charge in [-0.05, 0) is 32.2 Å². The highest BCUT2D eigenvalue weighted by atomic mass is 79.9. The monoisotopic (exact) mass is 322 g/mol. The van der Waals surface area contributed by atoms with Crippen molar-refractivity contribution in [2.45, 2.75) is 26.4 Å². The molecule has 2 rings (SSSR count). The second-order valence-electron chi connectivity index (χ2n) is 5.30. The fraction of sp³-hybridized carbons (Fsp3) is 0.267. The Balaban J connectivity index is 2.56. The molecule has 0 amide bonds. The maximum absolute atomic E-state index is 12.1. The number of halogens is 1. The number of ether oxygens (including phenoxy) is 1. The maximum atomic E-state index is 12.1. The first-order valence-corrected chi connectivity index (χ1v) is 6.72. The van der Waals surface area contributed by atoms with Crippen LogP contribution in [0.4, 0.5) is 0 Å². The summed E-state index contributed by atoms with van der Waals surface area (Å²) in [5.41, 5.74) is -0.428. The predicted octanol–water partition coefficient (Wildman–Crippen LogP) is 4.26. The lowest BCUT2D eigenvalue weighted by molar-refractivity contribution is 0.00670. The molecule has 0 unspecified atom stereocenters. The first kappa shape index (κ1) is 13.9. The van der Waals surface area contributed by atoms with Crippen molar-refractivity contribution in [2.75, 3.05) is 0 Å². The molecule has 0 aromatic heterocycles. The summed E-state index contributed by atoms with van der Waals surface area (Å²) in [6.45, 7) is 5.37. The molecule has 3 nitrogen and oxygen atoms in total. The van der Waals surface area contributed by atoms with Crippen LogP contribution in [-0.2, 0) is 4.74 Å². The van der Waals surface area contributed by atoms with Crippen molar-refractivity contribution < 1.29 is 14.6 Å². The number of carbonyl (C=O) groups excluding carboxylic acids is 1. The van der Waals surface area contributed by atoms with Crippen LogP contribution in [0.1, 0.15) is 31.1 Å². The van der Waals surface area contributed by atoms with E-state index in [-0.39, 0.29) is 11.3 Å². The van der Waals surface area contributed by atoms with Crippen LogP contribution < -0.4 is 0 Å². The largest absolute Gasteiger partial charge is 0.506 e. The van der Waals surface area contributed by atoms with E-state index in [1.807, 2.05) is 18.2 Å². The lowest BCUT2D eigenvalue weighted by Gasteiger charge is -2.20.